The summed E-state index contributed by atoms with van der Waals surface area (Å²) in [6.07, 6.45) is 4.56. The average Bonchev–Trinajstić information content (AvgIpc) is 3.14. The second kappa shape index (κ2) is 7.79. The number of fused-ring (bicyclic) bond motifs is 1. The van der Waals surface area contributed by atoms with Crippen LogP contribution < -0.4 is 4.90 Å². The topological polar surface area (TPSA) is 66.4 Å². The van der Waals surface area contributed by atoms with E-state index in [4.69, 9.17) is 9.97 Å². The van der Waals surface area contributed by atoms with Crippen molar-refractivity contribution < 1.29 is 8.42 Å². The van der Waals surface area contributed by atoms with Gasteiger partial charge < -0.3 is 4.90 Å². The molecule has 0 amide bonds. The maximum Gasteiger partial charge on any atom is 0.243 e. The van der Waals surface area contributed by atoms with E-state index in [0.717, 1.165) is 48.0 Å². The van der Waals surface area contributed by atoms with Crippen molar-refractivity contribution in [2.45, 2.75) is 50.8 Å². The molecule has 2 aliphatic rings. The number of nitrogens with zero attached hydrogens (tertiary/aromatic N) is 4. The number of rotatable bonds is 4. The van der Waals surface area contributed by atoms with Crippen molar-refractivity contribution >= 4 is 16.0 Å². The highest BCUT2D eigenvalue weighted by atomic mass is 32.2. The Morgan fingerprint density at radius 3 is 2.32 bits per heavy atom. The molecule has 6 nitrogen and oxygen atoms in total. The quantitative estimate of drug-likeness (QED) is 0.789. The molecule has 0 atom stereocenters. The highest BCUT2D eigenvalue weighted by molar-refractivity contribution is 7.89. The lowest BCUT2D eigenvalue weighted by Gasteiger charge is -2.20. The molecule has 0 bridgehead atoms. The number of benzene rings is 1. The first-order chi connectivity index (χ1) is 13.5. The number of aryl methyl sites for hydroxylation is 2. The summed E-state index contributed by atoms with van der Waals surface area (Å²) in [6, 6.07) is 7.25. The van der Waals surface area contributed by atoms with Crippen LogP contribution in [0.15, 0.2) is 29.2 Å². The van der Waals surface area contributed by atoms with Crippen LogP contribution in [0.25, 0.3) is 0 Å². The molecule has 0 spiro atoms. The number of hydrogen-bond acceptors (Lipinski definition) is 5. The average molecular weight is 401 g/mol. The molecular weight excluding hydrogens is 372 g/mol. The third-order valence-electron chi connectivity index (χ3n) is 5.86. The fourth-order valence-corrected chi connectivity index (χ4v) is 5.54. The van der Waals surface area contributed by atoms with Crippen molar-refractivity contribution in [1.82, 2.24) is 14.3 Å². The molecule has 0 N–H and O–H groups in total. The molecule has 4 rings (SSSR count). The highest BCUT2D eigenvalue weighted by Crippen LogP contribution is 2.25. The van der Waals surface area contributed by atoms with Crippen LogP contribution in [0.2, 0.25) is 0 Å². The van der Waals surface area contributed by atoms with E-state index in [1.54, 1.807) is 16.4 Å². The molecule has 1 saturated heterocycles. The molecular formula is C21H28N4O2S. The minimum Gasteiger partial charge on any atom is -0.341 e. The SMILES string of the molecule is CCc1ccc(S(=O)(=O)N2CCc3nc(N4CCCC4)nc(C)c3CC2)cc1. The lowest BCUT2D eigenvalue weighted by Crippen LogP contribution is -2.33. The van der Waals surface area contributed by atoms with Gasteiger partial charge in [-0.1, -0.05) is 19.1 Å². The Bertz CT molecular complexity index is 951. The van der Waals surface area contributed by atoms with E-state index < -0.39 is 10.0 Å². The smallest absolute Gasteiger partial charge is 0.243 e. The zero-order valence-corrected chi connectivity index (χ0v) is 17.5. The van der Waals surface area contributed by atoms with E-state index in [9.17, 15) is 8.42 Å². The van der Waals surface area contributed by atoms with Gasteiger partial charge >= 0.3 is 0 Å². The zero-order valence-electron chi connectivity index (χ0n) is 16.7. The van der Waals surface area contributed by atoms with Crippen LogP contribution in [-0.2, 0) is 29.3 Å². The Labute approximate surface area is 167 Å². The fourth-order valence-electron chi connectivity index (χ4n) is 4.10. The van der Waals surface area contributed by atoms with E-state index in [2.05, 4.69) is 11.8 Å². The van der Waals surface area contributed by atoms with Crippen LogP contribution in [0.3, 0.4) is 0 Å². The summed E-state index contributed by atoms with van der Waals surface area (Å²) in [6.45, 7) is 7.03. The predicted molar refractivity (Wildman–Crippen MR) is 110 cm³/mol. The van der Waals surface area contributed by atoms with Crippen LogP contribution in [0, 0.1) is 6.92 Å². The van der Waals surface area contributed by atoms with Crippen LogP contribution in [0.1, 0.15) is 42.3 Å². The Hall–Kier alpha value is -1.99. The van der Waals surface area contributed by atoms with Crippen LogP contribution >= 0.6 is 0 Å². The Balaban J connectivity index is 1.57. The molecule has 2 aliphatic heterocycles. The maximum absolute atomic E-state index is 13.1. The molecule has 0 unspecified atom stereocenters. The van der Waals surface area contributed by atoms with Crippen LogP contribution in [0.5, 0.6) is 0 Å². The van der Waals surface area contributed by atoms with Gasteiger partial charge in [0.2, 0.25) is 16.0 Å². The van der Waals surface area contributed by atoms with Gasteiger partial charge in [-0.15, -0.1) is 0 Å². The Kier molecular flexibility index (Phi) is 5.38. The van der Waals surface area contributed by atoms with Crippen LogP contribution in [0.4, 0.5) is 5.95 Å². The first-order valence-corrected chi connectivity index (χ1v) is 11.6. The summed E-state index contributed by atoms with van der Waals surface area (Å²) in [5, 5.41) is 0. The van der Waals surface area contributed by atoms with Gasteiger partial charge in [0, 0.05) is 38.3 Å². The van der Waals surface area contributed by atoms with Gasteiger partial charge in [-0.25, -0.2) is 18.4 Å². The number of sulfonamides is 1. The fraction of sp³-hybridized carbons (Fsp3) is 0.524. The molecule has 1 aromatic heterocycles. The van der Waals surface area contributed by atoms with E-state index >= 15 is 0 Å². The normalized spacial score (nSPS) is 18.1. The van der Waals surface area contributed by atoms with Crippen molar-refractivity contribution in [2.24, 2.45) is 0 Å². The van der Waals surface area contributed by atoms with Crippen molar-refractivity contribution in [2.75, 3.05) is 31.1 Å². The molecule has 28 heavy (non-hydrogen) atoms. The third kappa shape index (κ3) is 3.65. The third-order valence-corrected chi connectivity index (χ3v) is 7.77. The van der Waals surface area contributed by atoms with Gasteiger partial charge in [-0.05, 0) is 55.9 Å². The number of hydrogen-bond donors (Lipinski definition) is 0. The summed E-state index contributed by atoms with van der Waals surface area (Å²) in [7, 11) is -3.49. The highest BCUT2D eigenvalue weighted by Gasteiger charge is 2.28. The Morgan fingerprint density at radius 1 is 0.964 bits per heavy atom. The summed E-state index contributed by atoms with van der Waals surface area (Å²) in [4.78, 5) is 12.2. The van der Waals surface area contributed by atoms with Crippen LogP contribution in [-0.4, -0.2) is 48.9 Å². The van der Waals surface area contributed by atoms with E-state index in [-0.39, 0.29) is 0 Å². The first kappa shape index (κ1) is 19.3. The van der Waals surface area contributed by atoms with Gasteiger partial charge in [-0.3, -0.25) is 0 Å². The van der Waals surface area contributed by atoms with E-state index in [1.807, 2.05) is 19.1 Å². The summed E-state index contributed by atoms with van der Waals surface area (Å²) in [5.74, 6) is 0.806. The van der Waals surface area contributed by atoms with Crippen molar-refractivity contribution in [3.8, 4) is 0 Å². The largest absolute Gasteiger partial charge is 0.341 e. The lowest BCUT2D eigenvalue weighted by atomic mass is 10.1. The van der Waals surface area contributed by atoms with Crippen molar-refractivity contribution in [3.05, 3.63) is 46.8 Å². The lowest BCUT2D eigenvalue weighted by molar-refractivity contribution is 0.426. The summed E-state index contributed by atoms with van der Waals surface area (Å²) >= 11 is 0. The monoisotopic (exact) mass is 400 g/mol. The number of anilines is 1. The molecule has 3 heterocycles. The second-order valence-corrected chi connectivity index (χ2v) is 9.57. The molecule has 1 fully saturated rings. The summed E-state index contributed by atoms with van der Waals surface area (Å²) < 4.78 is 27.9. The van der Waals surface area contributed by atoms with E-state index in [0.29, 0.717) is 30.8 Å². The molecule has 0 saturated carbocycles. The van der Waals surface area contributed by atoms with Gasteiger partial charge in [0.15, 0.2) is 0 Å². The zero-order chi connectivity index (χ0) is 19.7. The van der Waals surface area contributed by atoms with Crippen molar-refractivity contribution in [1.29, 1.82) is 0 Å². The molecule has 150 valence electrons. The molecule has 1 aromatic carbocycles. The van der Waals surface area contributed by atoms with Gasteiger partial charge in [0.05, 0.1) is 10.6 Å². The van der Waals surface area contributed by atoms with Gasteiger partial charge in [0.25, 0.3) is 0 Å². The Morgan fingerprint density at radius 2 is 1.64 bits per heavy atom. The standard InChI is InChI=1S/C21H28N4O2S/c1-3-17-6-8-18(9-7-17)28(26,27)25-14-10-19-16(2)22-21(23-20(19)11-15-25)24-12-4-5-13-24/h6-9H,3-5,10-15H2,1-2H3. The number of aromatic nitrogens is 2. The molecule has 7 heteroatoms. The molecule has 0 aliphatic carbocycles. The van der Waals surface area contributed by atoms with Gasteiger partial charge in [-0.2, -0.15) is 4.31 Å². The molecule has 2 aromatic rings. The second-order valence-electron chi connectivity index (χ2n) is 7.63. The maximum atomic E-state index is 13.1. The predicted octanol–water partition coefficient (Wildman–Crippen LogP) is 2.74. The van der Waals surface area contributed by atoms with E-state index in [1.165, 1.54) is 12.8 Å². The minimum atomic E-state index is -3.49. The minimum absolute atomic E-state index is 0.371. The van der Waals surface area contributed by atoms with Crippen molar-refractivity contribution in [3.63, 3.8) is 0 Å². The molecule has 0 radical (unpaired) electrons. The van der Waals surface area contributed by atoms with Gasteiger partial charge in [0.1, 0.15) is 0 Å². The summed E-state index contributed by atoms with van der Waals surface area (Å²) in [5.41, 5.74) is 4.25. The first-order valence-electron chi connectivity index (χ1n) is 10.2.